The van der Waals surface area contributed by atoms with Crippen LogP contribution in [-0.2, 0) is 20.1 Å². The maximum absolute atomic E-state index is 5.81. The van der Waals surface area contributed by atoms with Gasteiger partial charge in [0.25, 0.3) is 0 Å². The molecule has 7 nitrogen and oxygen atoms in total. The Hall–Kier alpha value is -4.00. The Kier molecular flexibility index (Phi) is 4.28. The number of hydrogen-bond donors (Lipinski definition) is 1. The van der Waals surface area contributed by atoms with E-state index in [-0.39, 0.29) is 0 Å². The molecule has 4 aromatic rings. The van der Waals surface area contributed by atoms with E-state index < -0.39 is 0 Å². The fourth-order valence-corrected chi connectivity index (χ4v) is 3.74. The molecule has 0 saturated heterocycles. The lowest BCUT2D eigenvalue weighted by atomic mass is 10.0. The molecule has 0 fully saturated rings. The van der Waals surface area contributed by atoms with Gasteiger partial charge in [-0.05, 0) is 46.5 Å². The average Bonchev–Trinajstić information content (AvgIpc) is 3.39. The van der Waals surface area contributed by atoms with Crippen LogP contribution >= 0.6 is 0 Å². The number of aromatic nitrogens is 5. The minimum absolute atomic E-state index is 0.461. The zero-order valence-electron chi connectivity index (χ0n) is 16.7. The van der Waals surface area contributed by atoms with Gasteiger partial charge in [-0.15, -0.1) is 0 Å². The van der Waals surface area contributed by atoms with Gasteiger partial charge in [-0.2, -0.15) is 5.10 Å². The third-order valence-corrected chi connectivity index (χ3v) is 5.33. The summed E-state index contributed by atoms with van der Waals surface area (Å²) in [7, 11) is 1.93. The normalized spacial score (nSPS) is 12.8. The Morgan fingerprint density at radius 2 is 1.83 bits per heavy atom. The molecule has 0 bridgehead atoms. The lowest BCUT2D eigenvalue weighted by Crippen LogP contribution is -2.18. The van der Waals surface area contributed by atoms with Crippen molar-refractivity contribution in [2.45, 2.75) is 13.1 Å². The number of nitrogen functional groups attached to an aromatic ring is 1. The Morgan fingerprint density at radius 3 is 2.63 bits per heavy atom. The van der Waals surface area contributed by atoms with Crippen LogP contribution in [0, 0.1) is 0 Å². The summed E-state index contributed by atoms with van der Waals surface area (Å²) in [4.78, 5) is 15.5. The van der Waals surface area contributed by atoms with Gasteiger partial charge in [0.2, 0.25) is 5.95 Å². The van der Waals surface area contributed by atoms with Gasteiger partial charge in [-0.25, -0.2) is 15.0 Å². The fourth-order valence-electron chi connectivity index (χ4n) is 3.74. The van der Waals surface area contributed by atoms with E-state index in [9.17, 15) is 0 Å². The molecular weight excluding hydrogens is 374 g/mol. The molecule has 1 aliphatic rings. The number of nitrogens with zero attached hydrogens (tertiary/aromatic N) is 6. The van der Waals surface area contributed by atoms with Crippen LogP contribution in [0.15, 0.2) is 67.8 Å². The Balaban J connectivity index is 1.40. The van der Waals surface area contributed by atoms with Crippen molar-refractivity contribution >= 4 is 17.3 Å². The first kappa shape index (κ1) is 18.1. The van der Waals surface area contributed by atoms with Gasteiger partial charge in [0, 0.05) is 49.9 Å². The van der Waals surface area contributed by atoms with Crippen LogP contribution in [0.4, 0.5) is 11.8 Å². The molecule has 0 radical (unpaired) electrons. The highest BCUT2D eigenvalue weighted by Gasteiger charge is 2.22. The molecule has 1 aromatic carbocycles. The maximum Gasteiger partial charge on any atom is 0.226 e. The average molecular weight is 395 g/mol. The summed E-state index contributed by atoms with van der Waals surface area (Å²) in [5, 5.41) is 4.27. The first-order chi connectivity index (χ1) is 14.6. The van der Waals surface area contributed by atoms with Gasteiger partial charge in [-0.1, -0.05) is 18.7 Å². The molecule has 7 heteroatoms. The number of rotatable bonds is 4. The highest BCUT2D eigenvalue weighted by Crippen LogP contribution is 2.31. The Labute approximate surface area is 174 Å². The zero-order valence-corrected chi connectivity index (χ0v) is 16.7. The van der Waals surface area contributed by atoms with E-state index >= 15 is 0 Å². The molecule has 4 heterocycles. The summed E-state index contributed by atoms with van der Waals surface area (Å²) in [6.07, 6.45) is 7.36. The number of benzene rings is 1. The van der Waals surface area contributed by atoms with Crippen molar-refractivity contribution in [2.24, 2.45) is 7.05 Å². The molecule has 148 valence electrons. The van der Waals surface area contributed by atoms with E-state index in [1.54, 1.807) is 18.5 Å². The van der Waals surface area contributed by atoms with Crippen molar-refractivity contribution in [1.29, 1.82) is 0 Å². The van der Waals surface area contributed by atoms with Crippen LogP contribution < -0.4 is 10.6 Å². The number of pyridine rings is 1. The molecule has 0 saturated carbocycles. The topological polar surface area (TPSA) is 85.8 Å². The summed E-state index contributed by atoms with van der Waals surface area (Å²) in [6.45, 7) is 5.73. The van der Waals surface area contributed by atoms with Crippen LogP contribution in [0.2, 0.25) is 0 Å². The molecule has 0 atom stereocenters. The molecule has 0 aliphatic carbocycles. The van der Waals surface area contributed by atoms with E-state index in [1.165, 1.54) is 16.7 Å². The molecule has 3 aromatic heterocycles. The van der Waals surface area contributed by atoms with Crippen molar-refractivity contribution in [1.82, 2.24) is 24.7 Å². The van der Waals surface area contributed by atoms with E-state index in [0.717, 1.165) is 35.5 Å². The van der Waals surface area contributed by atoms with Crippen molar-refractivity contribution in [3.8, 4) is 11.1 Å². The molecule has 0 amide bonds. The highest BCUT2D eigenvalue weighted by atomic mass is 15.3. The second-order valence-electron chi connectivity index (χ2n) is 7.43. The number of hydrogen-bond acceptors (Lipinski definition) is 6. The van der Waals surface area contributed by atoms with Crippen LogP contribution in [0.1, 0.15) is 22.4 Å². The highest BCUT2D eigenvalue weighted by molar-refractivity contribution is 5.77. The summed E-state index contributed by atoms with van der Waals surface area (Å²) in [5.74, 6) is 1.15. The first-order valence-electron chi connectivity index (χ1n) is 9.67. The Bertz CT molecular complexity index is 1260. The van der Waals surface area contributed by atoms with E-state index in [2.05, 4.69) is 44.7 Å². The molecule has 0 spiro atoms. The van der Waals surface area contributed by atoms with Crippen molar-refractivity contribution in [3.63, 3.8) is 0 Å². The third kappa shape index (κ3) is 3.30. The molecular formula is C23H21N7. The summed E-state index contributed by atoms with van der Waals surface area (Å²) in [5.41, 5.74) is 13.1. The summed E-state index contributed by atoms with van der Waals surface area (Å²) < 4.78 is 1.82. The molecule has 0 unspecified atom stereocenters. The first-order valence-corrected chi connectivity index (χ1v) is 9.67. The van der Waals surface area contributed by atoms with Crippen molar-refractivity contribution in [2.75, 3.05) is 10.6 Å². The summed E-state index contributed by atoms with van der Waals surface area (Å²) >= 11 is 0. The molecule has 30 heavy (non-hydrogen) atoms. The van der Waals surface area contributed by atoms with Crippen LogP contribution in [0.5, 0.6) is 0 Å². The van der Waals surface area contributed by atoms with Crippen molar-refractivity contribution in [3.05, 3.63) is 90.1 Å². The smallest absolute Gasteiger partial charge is 0.226 e. The second-order valence-corrected chi connectivity index (χ2v) is 7.43. The van der Waals surface area contributed by atoms with Gasteiger partial charge in [0.1, 0.15) is 5.82 Å². The van der Waals surface area contributed by atoms with Gasteiger partial charge in [0.15, 0.2) is 0 Å². The molecule has 2 N–H and O–H groups in total. The number of nitrogens with two attached hydrogens (primary N) is 1. The van der Waals surface area contributed by atoms with Crippen LogP contribution in [-0.4, -0.2) is 24.7 Å². The Morgan fingerprint density at radius 1 is 1.00 bits per heavy atom. The monoisotopic (exact) mass is 395 g/mol. The minimum Gasteiger partial charge on any atom is -0.384 e. The zero-order chi connectivity index (χ0) is 20.7. The van der Waals surface area contributed by atoms with Gasteiger partial charge >= 0.3 is 0 Å². The fraction of sp³-hybridized carbons (Fsp3) is 0.130. The molecule has 5 rings (SSSR count). The lowest BCUT2D eigenvalue weighted by Gasteiger charge is -2.16. The molecule has 1 aliphatic heterocycles. The standard InChI is InChI=1S/C23H21N7/c1-15(16-5-7-25-22(24)10-16)21-6-8-26-23(28-21)30-13-18-4-3-17(9-19(18)14-30)20-11-27-29(2)12-20/h3-12H,1,13-14H2,2H3,(H2,24,25). The maximum atomic E-state index is 5.81. The lowest BCUT2D eigenvalue weighted by molar-refractivity contribution is 0.768. The third-order valence-electron chi connectivity index (χ3n) is 5.33. The van der Waals surface area contributed by atoms with Gasteiger partial charge in [-0.3, -0.25) is 4.68 Å². The van der Waals surface area contributed by atoms with Crippen molar-refractivity contribution < 1.29 is 0 Å². The quantitative estimate of drug-likeness (QED) is 0.570. The number of aryl methyl sites for hydroxylation is 1. The predicted octanol–water partition coefficient (Wildman–Crippen LogP) is 3.44. The van der Waals surface area contributed by atoms with E-state index in [4.69, 9.17) is 10.7 Å². The number of fused-ring (bicyclic) bond motifs is 1. The van der Waals surface area contributed by atoms with E-state index in [0.29, 0.717) is 11.8 Å². The second kappa shape index (κ2) is 7.11. The van der Waals surface area contributed by atoms with Gasteiger partial charge < -0.3 is 10.6 Å². The van der Waals surface area contributed by atoms with E-state index in [1.807, 2.05) is 36.3 Å². The van der Waals surface area contributed by atoms with Crippen LogP contribution in [0.25, 0.3) is 16.7 Å². The largest absolute Gasteiger partial charge is 0.384 e. The minimum atomic E-state index is 0.461. The van der Waals surface area contributed by atoms with Gasteiger partial charge in [0.05, 0.1) is 11.9 Å². The number of anilines is 2. The predicted molar refractivity (Wildman–Crippen MR) is 117 cm³/mol. The summed E-state index contributed by atoms with van der Waals surface area (Å²) in [6, 6.07) is 12.1. The van der Waals surface area contributed by atoms with Crippen LogP contribution in [0.3, 0.4) is 0 Å². The SMILES string of the molecule is C=C(c1ccnc(N)c1)c1ccnc(N2Cc3ccc(-c4cnn(C)c4)cc3C2)n1.